The lowest BCUT2D eigenvalue weighted by Gasteiger charge is -2.30. The molecule has 1 aliphatic heterocycles. The largest absolute Gasteiger partial charge is 0.478 e. The molecule has 108 valence electrons. The SMILES string of the molecule is O=C(O)C=Cc1cc(C(=O)N2CCC(CO)CC2)cs1. The number of carboxylic acid groups (broad SMARTS) is 1. The zero-order valence-corrected chi connectivity index (χ0v) is 11.8. The lowest BCUT2D eigenvalue weighted by molar-refractivity contribution is -0.131. The second-order valence-corrected chi connectivity index (χ2v) is 5.77. The van der Waals surface area contributed by atoms with E-state index in [2.05, 4.69) is 0 Å². The molecule has 1 saturated heterocycles. The number of carbonyl (C=O) groups is 2. The molecule has 0 saturated carbocycles. The molecular formula is C14H17NO4S. The van der Waals surface area contributed by atoms with Gasteiger partial charge in [-0.25, -0.2) is 4.79 Å². The number of carbonyl (C=O) groups excluding carboxylic acids is 1. The normalized spacial score (nSPS) is 16.8. The molecule has 5 nitrogen and oxygen atoms in total. The summed E-state index contributed by atoms with van der Waals surface area (Å²) in [4.78, 5) is 25.3. The van der Waals surface area contributed by atoms with Crippen LogP contribution in [-0.4, -0.2) is 46.7 Å². The third kappa shape index (κ3) is 3.68. The van der Waals surface area contributed by atoms with Crippen molar-refractivity contribution < 1.29 is 19.8 Å². The second kappa shape index (κ2) is 6.67. The van der Waals surface area contributed by atoms with Crippen LogP contribution >= 0.6 is 11.3 Å². The van der Waals surface area contributed by atoms with Gasteiger partial charge in [0.15, 0.2) is 0 Å². The van der Waals surface area contributed by atoms with Crippen molar-refractivity contribution in [2.45, 2.75) is 12.8 Å². The van der Waals surface area contributed by atoms with Gasteiger partial charge in [-0.15, -0.1) is 11.3 Å². The Balaban J connectivity index is 1.98. The maximum atomic E-state index is 12.3. The highest BCUT2D eigenvalue weighted by Gasteiger charge is 2.23. The molecule has 1 fully saturated rings. The number of thiophene rings is 1. The van der Waals surface area contributed by atoms with E-state index in [4.69, 9.17) is 10.2 Å². The van der Waals surface area contributed by atoms with Crippen LogP contribution in [0.2, 0.25) is 0 Å². The summed E-state index contributed by atoms with van der Waals surface area (Å²) in [5.74, 6) is -0.722. The summed E-state index contributed by atoms with van der Waals surface area (Å²) in [5, 5.41) is 19.4. The van der Waals surface area contributed by atoms with E-state index in [1.54, 1.807) is 16.3 Å². The van der Waals surface area contributed by atoms with Gasteiger partial charge in [-0.1, -0.05) is 0 Å². The van der Waals surface area contributed by atoms with Gasteiger partial charge in [0.25, 0.3) is 5.91 Å². The van der Waals surface area contributed by atoms with Crippen molar-refractivity contribution in [3.05, 3.63) is 28.0 Å². The monoisotopic (exact) mass is 295 g/mol. The summed E-state index contributed by atoms with van der Waals surface area (Å²) >= 11 is 1.35. The van der Waals surface area contributed by atoms with Crippen molar-refractivity contribution in [3.63, 3.8) is 0 Å². The quantitative estimate of drug-likeness (QED) is 0.829. The number of amides is 1. The van der Waals surface area contributed by atoms with Crippen LogP contribution in [0.15, 0.2) is 17.5 Å². The maximum Gasteiger partial charge on any atom is 0.328 e. The second-order valence-electron chi connectivity index (χ2n) is 4.83. The van der Waals surface area contributed by atoms with E-state index in [1.165, 1.54) is 17.4 Å². The average molecular weight is 295 g/mol. The number of aliphatic hydroxyl groups excluding tert-OH is 1. The first-order valence-corrected chi connectivity index (χ1v) is 7.38. The maximum absolute atomic E-state index is 12.3. The summed E-state index contributed by atoms with van der Waals surface area (Å²) in [5.41, 5.74) is 0.600. The molecule has 2 N–H and O–H groups in total. The van der Waals surface area contributed by atoms with Crippen molar-refractivity contribution in [1.82, 2.24) is 4.90 Å². The number of piperidine rings is 1. The van der Waals surface area contributed by atoms with Crippen molar-refractivity contribution in [2.75, 3.05) is 19.7 Å². The zero-order valence-electron chi connectivity index (χ0n) is 11.0. The van der Waals surface area contributed by atoms with Crippen LogP contribution in [0, 0.1) is 5.92 Å². The molecule has 1 aliphatic rings. The highest BCUT2D eigenvalue weighted by atomic mass is 32.1. The summed E-state index contributed by atoms with van der Waals surface area (Å²) in [6.45, 7) is 1.52. The Labute approximate surface area is 121 Å². The van der Waals surface area contributed by atoms with Gasteiger partial charge in [0.2, 0.25) is 0 Å². The van der Waals surface area contributed by atoms with Crippen molar-refractivity contribution in [1.29, 1.82) is 0 Å². The Morgan fingerprint density at radius 1 is 1.40 bits per heavy atom. The number of rotatable bonds is 4. The van der Waals surface area contributed by atoms with Crippen LogP contribution in [0.3, 0.4) is 0 Å². The van der Waals surface area contributed by atoms with Gasteiger partial charge in [-0.2, -0.15) is 0 Å². The van der Waals surface area contributed by atoms with Crippen molar-refractivity contribution >= 4 is 29.3 Å². The Bertz CT molecular complexity index is 515. The number of likely N-dealkylation sites (tertiary alicyclic amines) is 1. The number of nitrogens with zero attached hydrogens (tertiary/aromatic N) is 1. The molecule has 2 rings (SSSR count). The number of hydrogen-bond acceptors (Lipinski definition) is 4. The molecular weight excluding hydrogens is 278 g/mol. The fourth-order valence-corrected chi connectivity index (χ4v) is 2.98. The van der Waals surface area contributed by atoms with Gasteiger partial charge in [0.1, 0.15) is 0 Å². The molecule has 2 heterocycles. The van der Waals surface area contributed by atoms with E-state index in [0.29, 0.717) is 24.6 Å². The Hall–Kier alpha value is -1.66. The molecule has 1 amide bonds. The molecule has 0 bridgehead atoms. The third-order valence-electron chi connectivity index (χ3n) is 3.42. The molecule has 0 unspecified atom stereocenters. The van der Waals surface area contributed by atoms with E-state index in [-0.39, 0.29) is 12.5 Å². The van der Waals surface area contributed by atoms with E-state index < -0.39 is 5.97 Å². The first-order valence-electron chi connectivity index (χ1n) is 6.50. The van der Waals surface area contributed by atoms with Gasteiger partial charge in [-0.05, 0) is 30.9 Å². The highest BCUT2D eigenvalue weighted by Crippen LogP contribution is 2.22. The Kier molecular flexibility index (Phi) is 4.92. The van der Waals surface area contributed by atoms with Crippen LogP contribution in [0.4, 0.5) is 0 Å². The van der Waals surface area contributed by atoms with Gasteiger partial charge >= 0.3 is 5.97 Å². The minimum Gasteiger partial charge on any atom is -0.478 e. The first-order chi connectivity index (χ1) is 9.60. The minimum absolute atomic E-state index is 0.0207. The first kappa shape index (κ1) is 14.7. The number of aliphatic carboxylic acids is 1. The molecule has 0 aromatic carbocycles. The summed E-state index contributed by atoms with van der Waals surface area (Å²) in [6.07, 6.45) is 4.21. The van der Waals surface area contributed by atoms with Crippen LogP contribution in [0.5, 0.6) is 0 Å². The average Bonchev–Trinajstić information content (AvgIpc) is 2.93. The van der Waals surface area contributed by atoms with Crippen LogP contribution in [0.1, 0.15) is 28.1 Å². The Morgan fingerprint density at radius 2 is 2.10 bits per heavy atom. The lowest BCUT2D eigenvalue weighted by atomic mass is 9.97. The van der Waals surface area contributed by atoms with Crippen LogP contribution in [-0.2, 0) is 4.79 Å². The zero-order chi connectivity index (χ0) is 14.5. The van der Waals surface area contributed by atoms with Gasteiger partial charge < -0.3 is 15.1 Å². The predicted octanol–water partition coefficient (Wildman–Crippen LogP) is 1.69. The van der Waals surface area contributed by atoms with E-state index in [1.807, 2.05) is 0 Å². The third-order valence-corrected chi connectivity index (χ3v) is 4.31. The van der Waals surface area contributed by atoms with Crippen molar-refractivity contribution in [3.8, 4) is 0 Å². The van der Waals surface area contributed by atoms with Crippen molar-refractivity contribution in [2.24, 2.45) is 5.92 Å². The van der Waals surface area contributed by atoms with Gasteiger partial charge in [0, 0.05) is 36.0 Å². The van der Waals surface area contributed by atoms with Crippen LogP contribution in [0.25, 0.3) is 6.08 Å². The molecule has 1 aromatic rings. The van der Waals surface area contributed by atoms with Gasteiger partial charge in [-0.3, -0.25) is 4.79 Å². The summed E-state index contributed by atoms with van der Waals surface area (Å²) in [7, 11) is 0. The smallest absolute Gasteiger partial charge is 0.328 e. The standard InChI is InChI=1S/C14H17NO4S/c16-8-10-3-5-15(6-4-10)14(19)11-7-12(20-9-11)1-2-13(17)18/h1-2,7,9-10,16H,3-6,8H2,(H,17,18). The highest BCUT2D eigenvalue weighted by molar-refractivity contribution is 7.11. The van der Waals surface area contributed by atoms with Gasteiger partial charge in [0.05, 0.1) is 5.56 Å². The molecule has 0 atom stereocenters. The number of carboxylic acids is 1. The van der Waals surface area contributed by atoms with E-state index in [9.17, 15) is 9.59 Å². The minimum atomic E-state index is -1.00. The summed E-state index contributed by atoms with van der Waals surface area (Å²) in [6, 6.07) is 1.71. The molecule has 0 aliphatic carbocycles. The molecule has 1 aromatic heterocycles. The predicted molar refractivity (Wildman–Crippen MR) is 76.7 cm³/mol. The fourth-order valence-electron chi connectivity index (χ4n) is 2.21. The van der Waals surface area contributed by atoms with E-state index in [0.717, 1.165) is 23.8 Å². The Morgan fingerprint density at radius 3 is 2.70 bits per heavy atom. The fraction of sp³-hybridized carbons (Fsp3) is 0.429. The van der Waals surface area contributed by atoms with Crippen LogP contribution < -0.4 is 0 Å². The van der Waals surface area contributed by atoms with E-state index >= 15 is 0 Å². The molecule has 0 spiro atoms. The molecule has 6 heteroatoms. The molecule has 0 radical (unpaired) electrons. The topological polar surface area (TPSA) is 77.8 Å². The summed E-state index contributed by atoms with van der Waals surface area (Å²) < 4.78 is 0. The number of aliphatic hydroxyl groups is 1. The number of hydrogen-bond donors (Lipinski definition) is 2. The lowest BCUT2D eigenvalue weighted by Crippen LogP contribution is -2.39. The molecule has 20 heavy (non-hydrogen) atoms.